The fraction of sp³-hybridized carbons (Fsp3) is 0.150. The van der Waals surface area contributed by atoms with Gasteiger partial charge in [0.25, 0.3) is 0 Å². The highest BCUT2D eigenvalue weighted by molar-refractivity contribution is 5.88. The second kappa shape index (κ2) is 10.8. The smallest absolute Gasteiger partial charge is 0.141 e. The molecule has 0 atom stereocenters. The first-order chi connectivity index (χ1) is 21.7. The third-order valence-corrected chi connectivity index (χ3v) is 9.06. The van der Waals surface area contributed by atoms with Gasteiger partial charge in [-0.15, -0.1) is 0 Å². The molecule has 7 aromatic rings. The maximum atomic E-state index is 4.97. The van der Waals surface area contributed by atoms with E-state index in [0.717, 1.165) is 59.7 Å². The summed E-state index contributed by atoms with van der Waals surface area (Å²) >= 11 is 0. The first-order valence-electron chi connectivity index (χ1n) is 15.7. The van der Waals surface area contributed by atoms with E-state index >= 15 is 0 Å². The molecule has 4 heteroatoms. The van der Waals surface area contributed by atoms with Gasteiger partial charge in [-0.05, 0) is 84.3 Å². The highest BCUT2D eigenvalue weighted by Crippen LogP contribution is 2.38. The number of nitrogens with zero attached hydrogens (tertiary/aromatic N) is 4. The molecule has 4 nitrogen and oxygen atoms in total. The molecule has 44 heavy (non-hydrogen) atoms. The number of imidazole rings is 2. The molecule has 214 valence electrons. The standard InChI is InChI=1S/C40H34N4/c1-3-43-37-17-7-5-15-35(37)41-39(43)29-23-19-27(20-24-29)31-11-9-14-34-32(12-10-13-33(31)34)28-21-25-30(26-22-28)40-42-36-16-6-8-18-38(36)44(40)4-2/h5-9,11-12,14-26H,3-4,10,13H2,1-2H3. The van der Waals surface area contributed by atoms with E-state index in [-0.39, 0.29) is 0 Å². The lowest BCUT2D eigenvalue weighted by molar-refractivity contribution is 0.796. The Kier molecular flexibility index (Phi) is 6.48. The predicted molar refractivity (Wildman–Crippen MR) is 183 cm³/mol. The summed E-state index contributed by atoms with van der Waals surface area (Å²) in [6.07, 6.45) is 4.48. The van der Waals surface area contributed by atoms with E-state index in [1.165, 1.54) is 44.4 Å². The van der Waals surface area contributed by atoms with Crippen LogP contribution in [0.15, 0.2) is 121 Å². The summed E-state index contributed by atoms with van der Waals surface area (Å²) in [5, 5.41) is 0. The van der Waals surface area contributed by atoms with Crippen molar-refractivity contribution >= 4 is 27.6 Å². The van der Waals surface area contributed by atoms with Crippen molar-refractivity contribution in [2.24, 2.45) is 0 Å². The van der Waals surface area contributed by atoms with Crippen molar-refractivity contribution in [3.8, 4) is 33.9 Å². The van der Waals surface area contributed by atoms with Crippen LogP contribution in [-0.4, -0.2) is 19.1 Å². The van der Waals surface area contributed by atoms with Crippen molar-refractivity contribution in [1.29, 1.82) is 0 Å². The van der Waals surface area contributed by atoms with E-state index < -0.39 is 0 Å². The minimum Gasteiger partial charge on any atom is -0.324 e. The lowest BCUT2D eigenvalue weighted by Crippen LogP contribution is -2.03. The molecule has 0 spiro atoms. The van der Waals surface area contributed by atoms with Gasteiger partial charge < -0.3 is 9.13 Å². The van der Waals surface area contributed by atoms with Crippen LogP contribution in [0.5, 0.6) is 0 Å². The number of benzene rings is 5. The third-order valence-electron chi connectivity index (χ3n) is 9.06. The van der Waals surface area contributed by atoms with Crippen molar-refractivity contribution in [3.63, 3.8) is 0 Å². The molecule has 2 heterocycles. The molecule has 0 bridgehead atoms. The summed E-state index contributed by atoms with van der Waals surface area (Å²) < 4.78 is 4.60. The molecule has 0 saturated carbocycles. The minimum atomic E-state index is 0.887. The van der Waals surface area contributed by atoms with Crippen LogP contribution in [0.4, 0.5) is 0 Å². The molecule has 5 aromatic carbocycles. The van der Waals surface area contributed by atoms with Gasteiger partial charge in [0.15, 0.2) is 0 Å². The molecule has 1 aliphatic rings. The Morgan fingerprint density at radius 1 is 0.523 bits per heavy atom. The quantitative estimate of drug-likeness (QED) is 0.199. The van der Waals surface area contributed by atoms with Crippen LogP contribution in [0.2, 0.25) is 0 Å². The number of allylic oxidation sites excluding steroid dienone is 1. The first kappa shape index (κ1) is 26.4. The number of hydrogen-bond donors (Lipinski definition) is 0. The molecule has 0 fully saturated rings. The van der Waals surface area contributed by atoms with Gasteiger partial charge in [0.2, 0.25) is 0 Å². The van der Waals surface area contributed by atoms with Gasteiger partial charge in [-0.25, -0.2) is 9.97 Å². The average molecular weight is 571 g/mol. The predicted octanol–water partition coefficient (Wildman–Crippen LogP) is 9.80. The molecule has 0 N–H and O–H groups in total. The summed E-state index contributed by atoms with van der Waals surface area (Å²) in [5.41, 5.74) is 14.6. The third kappa shape index (κ3) is 4.29. The number of para-hydroxylation sites is 4. The van der Waals surface area contributed by atoms with Crippen LogP contribution in [-0.2, 0) is 19.5 Å². The van der Waals surface area contributed by atoms with Crippen LogP contribution >= 0.6 is 0 Å². The van der Waals surface area contributed by atoms with E-state index in [9.17, 15) is 0 Å². The zero-order chi connectivity index (χ0) is 29.6. The molecule has 0 radical (unpaired) electrons. The van der Waals surface area contributed by atoms with Gasteiger partial charge in [0, 0.05) is 24.2 Å². The van der Waals surface area contributed by atoms with Crippen molar-refractivity contribution < 1.29 is 0 Å². The fourth-order valence-electron chi connectivity index (χ4n) is 6.95. The van der Waals surface area contributed by atoms with E-state index in [2.05, 4.69) is 144 Å². The van der Waals surface area contributed by atoms with E-state index in [4.69, 9.17) is 9.97 Å². The zero-order valence-corrected chi connectivity index (χ0v) is 25.2. The number of aryl methyl sites for hydroxylation is 2. The second-order valence-corrected chi connectivity index (χ2v) is 11.5. The number of aromatic nitrogens is 4. The van der Waals surface area contributed by atoms with E-state index in [1.54, 1.807) is 0 Å². The Balaban J connectivity index is 1.12. The van der Waals surface area contributed by atoms with E-state index in [1.807, 2.05) is 0 Å². The lowest BCUT2D eigenvalue weighted by atomic mass is 9.82. The van der Waals surface area contributed by atoms with Gasteiger partial charge in [-0.1, -0.05) is 97.1 Å². The Bertz CT molecular complexity index is 2180. The topological polar surface area (TPSA) is 35.6 Å². The summed E-state index contributed by atoms with van der Waals surface area (Å²) in [6, 6.07) is 41.5. The monoisotopic (exact) mass is 570 g/mol. The maximum absolute atomic E-state index is 4.97. The van der Waals surface area contributed by atoms with Gasteiger partial charge in [0.05, 0.1) is 22.1 Å². The normalized spacial score (nSPS) is 12.9. The molecule has 2 aromatic heterocycles. The van der Waals surface area contributed by atoms with Gasteiger partial charge in [0.1, 0.15) is 11.6 Å². The first-order valence-corrected chi connectivity index (χ1v) is 15.7. The van der Waals surface area contributed by atoms with Crippen molar-refractivity contribution in [3.05, 3.63) is 138 Å². The molecular formula is C40H34N4. The molecule has 0 aliphatic heterocycles. The lowest BCUT2D eigenvalue weighted by Gasteiger charge is -2.22. The molecule has 8 rings (SSSR count). The Labute approximate surface area is 258 Å². The van der Waals surface area contributed by atoms with E-state index in [0.29, 0.717) is 0 Å². The highest BCUT2D eigenvalue weighted by Gasteiger charge is 2.19. The van der Waals surface area contributed by atoms with Crippen molar-refractivity contribution in [2.45, 2.75) is 39.8 Å². The number of rotatable bonds is 6. The van der Waals surface area contributed by atoms with Crippen molar-refractivity contribution in [2.75, 3.05) is 0 Å². The van der Waals surface area contributed by atoms with Gasteiger partial charge >= 0.3 is 0 Å². The summed E-state index contributed by atoms with van der Waals surface area (Å²) in [7, 11) is 0. The van der Waals surface area contributed by atoms with Gasteiger partial charge in [-0.3, -0.25) is 0 Å². The number of fused-ring (bicyclic) bond motifs is 3. The van der Waals surface area contributed by atoms with Crippen LogP contribution in [0.3, 0.4) is 0 Å². The maximum Gasteiger partial charge on any atom is 0.141 e. The summed E-state index contributed by atoms with van der Waals surface area (Å²) in [5.74, 6) is 2.05. The average Bonchev–Trinajstić information content (AvgIpc) is 3.66. The number of hydrogen-bond acceptors (Lipinski definition) is 2. The molecule has 0 unspecified atom stereocenters. The summed E-state index contributed by atoms with van der Waals surface area (Å²) in [6.45, 7) is 6.14. The Morgan fingerprint density at radius 2 is 1.02 bits per heavy atom. The van der Waals surface area contributed by atoms with Crippen LogP contribution in [0.1, 0.15) is 37.0 Å². The molecule has 0 amide bonds. The zero-order valence-electron chi connectivity index (χ0n) is 25.2. The minimum absolute atomic E-state index is 0.887. The Morgan fingerprint density at radius 3 is 1.59 bits per heavy atom. The Hall–Kier alpha value is -5.22. The SMILES string of the molecule is CCn1c(-c2ccc(C3=CCCc4c3cccc4-c3ccc(-c4nc5ccccc5n4CC)cc3)cc2)nc2ccccc21. The van der Waals surface area contributed by atoms with Crippen LogP contribution in [0.25, 0.3) is 61.5 Å². The van der Waals surface area contributed by atoms with Crippen LogP contribution in [0, 0.1) is 0 Å². The second-order valence-electron chi connectivity index (χ2n) is 11.5. The molecule has 1 aliphatic carbocycles. The molecular weight excluding hydrogens is 536 g/mol. The molecule has 0 saturated heterocycles. The highest BCUT2D eigenvalue weighted by atomic mass is 15.1. The van der Waals surface area contributed by atoms with Gasteiger partial charge in [-0.2, -0.15) is 0 Å². The summed E-state index contributed by atoms with van der Waals surface area (Å²) in [4.78, 5) is 9.93. The largest absolute Gasteiger partial charge is 0.324 e. The van der Waals surface area contributed by atoms with Crippen molar-refractivity contribution in [1.82, 2.24) is 19.1 Å². The van der Waals surface area contributed by atoms with Crippen LogP contribution < -0.4 is 0 Å². The fourth-order valence-corrected chi connectivity index (χ4v) is 6.95.